The molecule has 0 fully saturated rings. The monoisotopic (exact) mass is 414 g/mol. The summed E-state index contributed by atoms with van der Waals surface area (Å²) in [4.78, 5) is 23.3. The van der Waals surface area contributed by atoms with Crippen molar-refractivity contribution in [1.29, 1.82) is 0 Å². The van der Waals surface area contributed by atoms with Crippen LogP contribution in [0.5, 0.6) is 0 Å². The Hall–Kier alpha value is -2.16. The maximum atomic E-state index is 12.2. The third-order valence-corrected chi connectivity index (χ3v) is 6.93. The van der Waals surface area contributed by atoms with Gasteiger partial charge in [-0.15, -0.1) is 11.3 Å². The van der Waals surface area contributed by atoms with Crippen LogP contribution >= 0.6 is 23.1 Å². The van der Waals surface area contributed by atoms with Crippen LogP contribution in [0.15, 0.2) is 35.5 Å². The third-order valence-electron chi connectivity index (χ3n) is 4.98. The van der Waals surface area contributed by atoms with Crippen LogP contribution in [0.3, 0.4) is 0 Å². The number of nitrogens with one attached hydrogen (secondary N) is 1. The zero-order valence-corrected chi connectivity index (χ0v) is 17.5. The molecule has 1 aromatic carbocycles. The highest BCUT2D eigenvalue weighted by atomic mass is 32.2. The van der Waals surface area contributed by atoms with Gasteiger partial charge >= 0.3 is 0 Å². The van der Waals surface area contributed by atoms with Gasteiger partial charge in [0.05, 0.1) is 23.3 Å². The zero-order valence-electron chi connectivity index (χ0n) is 15.8. The van der Waals surface area contributed by atoms with E-state index in [1.165, 1.54) is 22.2 Å². The Balaban J connectivity index is 1.51. The lowest BCUT2D eigenvalue weighted by Gasteiger charge is -2.33. The second kappa shape index (κ2) is 7.69. The van der Waals surface area contributed by atoms with E-state index in [0.717, 1.165) is 28.7 Å². The van der Waals surface area contributed by atoms with E-state index < -0.39 is 0 Å². The molecular weight excluding hydrogens is 392 g/mol. The number of aromatic nitrogens is 2. The number of hydrogen-bond donors (Lipinski definition) is 2. The number of benzene rings is 1. The van der Waals surface area contributed by atoms with Crippen LogP contribution in [0.4, 0.5) is 11.5 Å². The molecule has 0 saturated heterocycles. The fraction of sp³-hybridized carbons (Fsp3) is 0.350. The minimum absolute atomic E-state index is 0.101. The summed E-state index contributed by atoms with van der Waals surface area (Å²) in [5.74, 6) is 0.604. The Kier molecular flexibility index (Phi) is 5.27. The number of nitrogens with two attached hydrogens (primary N) is 1. The number of para-hydroxylation sites is 1. The molecule has 2 aromatic heterocycles. The first-order valence-electron chi connectivity index (χ1n) is 9.17. The smallest absolute Gasteiger partial charge is 0.234 e. The summed E-state index contributed by atoms with van der Waals surface area (Å²) in [5, 5.41) is 4.32. The van der Waals surface area contributed by atoms with Crippen LogP contribution in [0.2, 0.25) is 0 Å². The third kappa shape index (κ3) is 3.85. The van der Waals surface area contributed by atoms with Gasteiger partial charge in [0.2, 0.25) is 5.91 Å². The summed E-state index contributed by atoms with van der Waals surface area (Å²) >= 11 is 2.89. The van der Waals surface area contributed by atoms with Gasteiger partial charge in [0.1, 0.15) is 10.6 Å². The van der Waals surface area contributed by atoms with Crippen molar-refractivity contribution in [2.45, 2.75) is 44.1 Å². The first-order chi connectivity index (χ1) is 13.5. The standard InChI is InChI=1S/C20H22N4O2S2/c1-3-20(2)9-13-14(10-26-20)28-18-16(13)17(21)23-19(24-18)27-11-15(25)22-12-7-5-4-6-8-12/h4-8H,3,9-11H2,1-2H3,(H,22,25)(H2,21,23,24)/t20-/m0/s1. The summed E-state index contributed by atoms with van der Waals surface area (Å²) < 4.78 is 6.04. The van der Waals surface area contributed by atoms with Gasteiger partial charge in [0.25, 0.3) is 0 Å². The van der Waals surface area contributed by atoms with E-state index >= 15 is 0 Å². The number of nitrogen functional groups attached to an aromatic ring is 1. The minimum Gasteiger partial charge on any atom is -0.383 e. The van der Waals surface area contributed by atoms with E-state index in [2.05, 4.69) is 29.1 Å². The molecule has 1 atom stereocenters. The van der Waals surface area contributed by atoms with Gasteiger partial charge in [-0.1, -0.05) is 36.9 Å². The summed E-state index contributed by atoms with van der Waals surface area (Å²) in [6, 6.07) is 9.38. The van der Waals surface area contributed by atoms with Crippen molar-refractivity contribution in [1.82, 2.24) is 9.97 Å². The minimum atomic E-state index is -0.170. The lowest BCUT2D eigenvalue weighted by atomic mass is 9.90. The van der Waals surface area contributed by atoms with Crippen molar-refractivity contribution in [2.75, 3.05) is 16.8 Å². The van der Waals surface area contributed by atoms with Crippen molar-refractivity contribution >= 4 is 50.7 Å². The number of nitrogens with zero attached hydrogens (tertiary/aromatic N) is 2. The first-order valence-corrected chi connectivity index (χ1v) is 11.0. The second-order valence-corrected chi connectivity index (χ2v) is 9.07. The fourth-order valence-corrected chi connectivity index (χ4v) is 5.04. The number of carbonyl (C=O) groups is 1. The molecule has 1 amide bonds. The molecular formula is C20H22N4O2S2. The number of fused-ring (bicyclic) bond motifs is 3. The van der Waals surface area contributed by atoms with Gasteiger partial charge in [-0.3, -0.25) is 4.79 Å². The summed E-state index contributed by atoms with van der Waals surface area (Å²) in [6.07, 6.45) is 1.76. The summed E-state index contributed by atoms with van der Waals surface area (Å²) in [6.45, 7) is 4.85. The van der Waals surface area contributed by atoms with Crippen LogP contribution in [0.25, 0.3) is 10.2 Å². The highest BCUT2D eigenvalue weighted by Crippen LogP contribution is 2.41. The molecule has 8 heteroatoms. The first kappa shape index (κ1) is 19.2. The number of thioether (sulfide) groups is 1. The van der Waals surface area contributed by atoms with E-state index in [9.17, 15) is 4.79 Å². The molecule has 4 rings (SSSR count). The number of thiophene rings is 1. The normalized spacial score (nSPS) is 18.8. The molecule has 1 aliphatic rings. The van der Waals surface area contributed by atoms with Crippen molar-refractivity contribution in [3.63, 3.8) is 0 Å². The van der Waals surface area contributed by atoms with Gasteiger partial charge in [0.15, 0.2) is 5.16 Å². The highest BCUT2D eigenvalue weighted by Gasteiger charge is 2.33. The van der Waals surface area contributed by atoms with Crippen molar-refractivity contribution < 1.29 is 9.53 Å². The van der Waals surface area contributed by atoms with E-state index in [1.807, 2.05) is 30.3 Å². The summed E-state index contributed by atoms with van der Waals surface area (Å²) in [5.41, 5.74) is 8.10. The molecule has 0 aliphatic carbocycles. The Morgan fingerprint density at radius 3 is 2.89 bits per heavy atom. The molecule has 1 aliphatic heterocycles. The zero-order chi connectivity index (χ0) is 19.7. The number of rotatable bonds is 5. The predicted molar refractivity (Wildman–Crippen MR) is 115 cm³/mol. The molecule has 3 N–H and O–H groups in total. The van der Waals surface area contributed by atoms with Crippen LogP contribution in [0.1, 0.15) is 30.7 Å². The van der Waals surface area contributed by atoms with Gasteiger partial charge in [-0.05, 0) is 31.0 Å². The number of ether oxygens (including phenoxy) is 1. The SMILES string of the molecule is CC[C@@]1(C)Cc2c(sc3nc(SCC(=O)Nc4ccccc4)nc(N)c23)CO1. The average molecular weight is 415 g/mol. The largest absolute Gasteiger partial charge is 0.383 e. The molecule has 3 heterocycles. The molecule has 0 unspecified atom stereocenters. The van der Waals surface area contributed by atoms with Crippen LogP contribution < -0.4 is 11.1 Å². The molecule has 3 aromatic rings. The van der Waals surface area contributed by atoms with E-state index in [-0.39, 0.29) is 17.3 Å². The number of hydrogen-bond acceptors (Lipinski definition) is 7. The van der Waals surface area contributed by atoms with Crippen LogP contribution in [-0.2, 0) is 22.6 Å². The van der Waals surface area contributed by atoms with Crippen molar-refractivity contribution in [2.24, 2.45) is 0 Å². The molecule has 0 radical (unpaired) electrons. The molecule has 6 nitrogen and oxygen atoms in total. The van der Waals surface area contributed by atoms with E-state index in [4.69, 9.17) is 10.5 Å². The van der Waals surface area contributed by atoms with Crippen molar-refractivity contribution in [3.8, 4) is 0 Å². The van der Waals surface area contributed by atoms with Gasteiger partial charge in [-0.2, -0.15) is 0 Å². The summed E-state index contributed by atoms with van der Waals surface area (Å²) in [7, 11) is 0. The molecule has 28 heavy (non-hydrogen) atoms. The number of carbonyl (C=O) groups excluding carboxylic acids is 1. The molecule has 0 bridgehead atoms. The topological polar surface area (TPSA) is 90.1 Å². The van der Waals surface area contributed by atoms with E-state index in [0.29, 0.717) is 17.6 Å². The molecule has 146 valence electrons. The van der Waals surface area contributed by atoms with Crippen LogP contribution in [-0.4, -0.2) is 27.2 Å². The Labute approximate surface area is 171 Å². The predicted octanol–water partition coefficient (Wildman–Crippen LogP) is 4.25. The second-order valence-electron chi connectivity index (χ2n) is 7.05. The van der Waals surface area contributed by atoms with Crippen LogP contribution in [0, 0.1) is 0 Å². The Morgan fingerprint density at radius 1 is 1.36 bits per heavy atom. The number of anilines is 2. The fourth-order valence-electron chi connectivity index (χ4n) is 3.22. The average Bonchev–Trinajstić information content (AvgIpc) is 3.05. The number of amides is 1. The van der Waals surface area contributed by atoms with Crippen molar-refractivity contribution in [3.05, 3.63) is 40.8 Å². The Morgan fingerprint density at radius 2 is 2.14 bits per heavy atom. The molecule has 0 saturated carbocycles. The maximum absolute atomic E-state index is 12.2. The Bertz CT molecular complexity index is 1020. The quantitative estimate of drug-likeness (QED) is 0.479. The van der Waals surface area contributed by atoms with Gasteiger partial charge in [0, 0.05) is 17.0 Å². The van der Waals surface area contributed by atoms with E-state index in [1.54, 1.807) is 11.3 Å². The van der Waals surface area contributed by atoms with Gasteiger partial charge < -0.3 is 15.8 Å². The van der Waals surface area contributed by atoms with Gasteiger partial charge in [-0.25, -0.2) is 9.97 Å². The highest BCUT2D eigenvalue weighted by molar-refractivity contribution is 7.99. The lowest BCUT2D eigenvalue weighted by Crippen LogP contribution is -2.33. The molecule has 0 spiro atoms. The maximum Gasteiger partial charge on any atom is 0.234 e. The lowest BCUT2D eigenvalue weighted by molar-refractivity contribution is -0.113.